The molecular formula is C18H24N6O7. The Labute approximate surface area is 176 Å². The predicted octanol–water partition coefficient (Wildman–Crippen LogP) is -1.29. The number of carboxylic acid groups (broad SMARTS) is 2. The van der Waals surface area contributed by atoms with Gasteiger partial charge in [-0.15, -0.1) is 0 Å². The van der Waals surface area contributed by atoms with Crippen molar-refractivity contribution in [2.24, 2.45) is 22.4 Å². The number of hydrogen-bond donors (Lipinski definition) is 7. The molecule has 0 aliphatic carbocycles. The highest BCUT2D eigenvalue weighted by Crippen LogP contribution is 2.16. The number of aliphatic imine (C=N–C) groups is 1. The molecule has 1 rings (SSSR count). The molecule has 13 heteroatoms. The van der Waals surface area contributed by atoms with E-state index in [0.29, 0.717) is 5.69 Å². The molecule has 0 saturated heterocycles. The lowest BCUT2D eigenvalue weighted by molar-refractivity contribution is -0.145. The van der Waals surface area contributed by atoms with E-state index in [9.17, 15) is 24.0 Å². The number of rotatable bonds is 9. The Morgan fingerprint density at radius 1 is 0.968 bits per heavy atom. The minimum Gasteiger partial charge on any atom is -0.481 e. The Morgan fingerprint density at radius 2 is 1.55 bits per heavy atom. The normalized spacial score (nSPS) is 12.2. The lowest BCUT2D eigenvalue weighted by Crippen LogP contribution is -2.55. The molecule has 0 bridgehead atoms. The number of guanidine groups is 1. The van der Waals surface area contributed by atoms with Gasteiger partial charge in [0, 0.05) is 5.69 Å². The van der Waals surface area contributed by atoms with E-state index in [2.05, 4.69) is 15.6 Å². The fraction of sp³-hybridized carbons (Fsp3) is 0.333. The fourth-order valence-electron chi connectivity index (χ4n) is 2.33. The van der Waals surface area contributed by atoms with Gasteiger partial charge in [0.1, 0.15) is 12.1 Å². The number of nitrogens with two attached hydrogens (primary N) is 2. The molecular weight excluding hydrogens is 412 g/mol. The zero-order chi connectivity index (χ0) is 23.7. The largest absolute Gasteiger partial charge is 0.481 e. The molecule has 0 saturated carbocycles. The van der Waals surface area contributed by atoms with Gasteiger partial charge in [-0.05, 0) is 30.2 Å². The molecule has 1 aromatic carbocycles. The molecule has 168 valence electrons. The number of carbonyl (C=O) groups excluding carboxylic acids is 3. The molecule has 3 amide bonds. The van der Waals surface area contributed by atoms with E-state index in [1.165, 1.54) is 38.1 Å². The smallest absolute Gasteiger partial charge is 0.326 e. The SMILES string of the molecule is CC(C)[C@H](NC(=O)[C@H](CC(=O)O)NC(=O)C(=O)Nc1ccc(N=C(N)N)cc1)C(=O)O. The van der Waals surface area contributed by atoms with Gasteiger partial charge in [0.15, 0.2) is 5.96 Å². The molecule has 2 atom stereocenters. The Morgan fingerprint density at radius 3 is 2.00 bits per heavy atom. The number of hydrogen-bond acceptors (Lipinski definition) is 6. The highest BCUT2D eigenvalue weighted by Gasteiger charge is 2.31. The summed E-state index contributed by atoms with van der Waals surface area (Å²) < 4.78 is 0. The van der Waals surface area contributed by atoms with Crippen molar-refractivity contribution in [1.82, 2.24) is 10.6 Å². The lowest BCUT2D eigenvalue weighted by Gasteiger charge is -2.22. The summed E-state index contributed by atoms with van der Waals surface area (Å²) in [5.74, 6) is -6.94. The summed E-state index contributed by atoms with van der Waals surface area (Å²) in [7, 11) is 0. The van der Waals surface area contributed by atoms with Gasteiger partial charge in [0.25, 0.3) is 0 Å². The summed E-state index contributed by atoms with van der Waals surface area (Å²) in [5.41, 5.74) is 11.1. The molecule has 0 aromatic heterocycles. The average Bonchev–Trinajstić information content (AvgIpc) is 2.65. The van der Waals surface area contributed by atoms with Gasteiger partial charge >= 0.3 is 23.8 Å². The van der Waals surface area contributed by atoms with Gasteiger partial charge in [-0.3, -0.25) is 19.2 Å². The Bertz CT molecular complexity index is 878. The zero-order valence-electron chi connectivity index (χ0n) is 16.8. The first kappa shape index (κ1) is 24.9. The van der Waals surface area contributed by atoms with Crippen molar-refractivity contribution in [3.8, 4) is 0 Å². The molecule has 0 unspecified atom stereocenters. The van der Waals surface area contributed by atoms with Crippen LogP contribution in [0.2, 0.25) is 0 Å². The molecule has 0 aliphatic heterocycles. The van der Waals surface area contributed by atoms with E-state index in [0.717, 1.165) is 0 Å². The zero-order valence-corrected chi connectivity index (χ0v) is 16.8. The summed E-state index contributed by atoms with van der Waals surface area (Å²) in [5, 5.41) is 24.6. The highest BCUT2D eigenvalue weighted by molar-refractivity contribution is 6.40. The molecule has 0 radical (unpaired) electrons. The van der Waals surface area contributed by atoms with Crippen molar-refractivity contribution < 1.29 is 34.2 Å². The van der Waals surface area contributed by atoms with Gasteiger partial charge in [-0.2, -0.15) is 0 Å². The van der Waals surface area contributed by atoms with Crippen LogP contribution in [-0.4, -0.2) is 57.9 Å². The number of anilines is 1. The molecule has 31 heavy (non-hydrogen) atoms. The minimum absolute atomic E-state index is 0.165. The van der Waals surface area contributed by atoms with Gasteiger partial charge in [-0.1, -0.05) is 13.8 Å². The number of carboxylic acids is 2. The van der Waals surface area contributed by atoms with Crippen molar-refractivity contribution in [2.75, 3.05) is 5.32 Å². The molecule has 0 aliphatic rings. The van der Waals surface area contributed by atoms with Gasteiger partial charge in [0.2, 0.25) is 5.91 Å². The number of nitrogens with zero attached hydrogens (tertiary/aromatic N) is 1. The van der Waals surface area contributed by atoms with E-state index in [1.807, 2.05) is 5.32 Å². The minimum atomic E-state index is -1.67. The summed E-state index contributed by atoms with van der Waals surface area (Å²) in [4.78, 5) is 62.6. The predicted molar refractivity (Wildman–Crippen MR) is 109 cm³/mol. The van der Waals surface area contributed by atoms with Crippen LogP contribution in [0, 0.1) is 5.92 Å². The second-order valence-electron chi connectivity index (χ2n) is 6.73. The molecule has 13 nitrogen and oxygen atoms in total. The van der Waals surface area contributed by atoms with Crippen LogP contribution in [-0.2, 0) is 24.0 Å². The molecule has 1 aromatic rings. The number of nitrogens with one attached hydrogen (secondary N) is 3. The van der Waals surface area contributed by atoms with Crippen LogP contribution in [0.5, 0.6) is 0 Å². The first-order valence-corrected chi connectivity index (χ1v) is 8.97. The Kier molecular flexibility index (Phi) is 8.94. The summed E-state index contributed by atoms with van der Waals surface area (Å²) >= 11 is 0. The van der Waals surface area contributed by atoms with Crippen molar-refractivity contribution in [1.29, 1.82) is 0 Å². The topological polar surface area (TPSA) is 226 Å². The van der Waals surface area contributed by atoms with Crippen LogP contribution in [0.25, 0.3) is 0 Å². The van der Waals surface area contributed by atoms with Crippen LogP contribution in [0.3, 0.4) is 0 Å². The molecule has 9 N–H and O–H groups in total. The van der Waals surface area contributed by atoms with E-state index < -0.39 is 54.1 Å². The summed E-state index contributed by atoms with van der Waals surface area (Å²) in [6.45, 7) is 3.07. The molecule has 0 fully saturated rings. The molecule has 0 heterocycles. The fourth-order valence-corrected chi connectivity index (χ4v) is 2.33. The van der Waals surface area contributed by atoms with Crippen molar-refractivity contribution in [3.63, 3.8) is 0 Å². The maximum Gasteiger partial charge on any atom is 0.326 e. The number of benzene rings is 1. The van der Waals surface area contributed by atoms with Crippen LogP contribution >= 0.6 is 0 Å². The summed E-state index contributed by atoms with van der Waals surface area (Å²) in [6.07, 6.45) is -0.859. The second kappa shape index (κ2) is 11.1. The maximum atomic E-state index is 12.3. The van der Waals surface area contributed by atoms with Crippen molar-refractivity contribution in [3.05, 3.63) is 24.3 Å². The van der Waals surface area contributed by atoms with Crippen LogP contribution < -0.4 is 27.4 Å². The van der Waals surface area contributed by atoms with Crippen LogP contribution in [0.1, 0.15) is 20.3 Å². The van der Waals surface area contributed by atoms with E-state index in [1.54, 1.807) is 0 Å². The standard InChI is InChI=1S/C18H24N6O7/c1-8(2)13(17(30)31)24-14(27)11(7-12(25)26)23-16(29)15(28)21-9-3-5-10(6-4-9)22-18(19)20/h3-6,8,11,13H,7H2,1-2H3,(H,21,28)(H,23,29)(H,24,27)(H,25,26)(H,30,31)(H4,19,20,22)/t11-,13-/m0/s1. The van der Waals surface area contributed by atoms with E-state index >= 15 is 0 Å². The van der Waals surface area contributed by atoms with E-state index in [4.69, 9.17) is 21.7 Å². The monoisotopic (exact) mass is 436 g/mol. The highest BCUT2D eigenvalue weighted by atomic mass is 16.4. The molecule has 0 spiro atoms. The number of aliphatic carboxylic acids is 2. The van der Waals surface area contributed by atoms with Gasteiger partial charge in [-0.25, -0.2) is 9.79 Å². The number of carbonyl (C=O) groups is 5. The van der Waals surface area contributed by atoms with Crippen molar-refractivity contribution in [2.45, 2.75) is 32.4 Å². The Balaban J connectivity index is 2.85. The first-order chi connectivity index (χ1) is 14.4. The maximum absolute atomic E-state index is 12.3. The van der Waals surface area contributed by atoms with E-state index in [-0.39, 0.29) is 11.6 Å². The average molecular weight is 436 g/mol. The van der Waals surface area contributed by atoms with Gasteiger partial charge in [0.05, 0.1) is 12.1 Å². The van der Waals surface area contributed by atoms with Crippen molar-refractivity contribution >= 4 is 47.0 Å². The third-order valence-electron chi connectivity index (χ3n) is 3.82. The quantitative estimate of drug-likeness (QED) is 0.139. The van der Waals surface area contributed by atoms with Crippen LogP contribution in [0.15, 0.2) is 29.3 Å². The third kappa shape index (κ3) is 8.39. The van der Waals surface area contributed by atoms with Gasteiger partial charge < -0.3 is 37.6 Å². The van der Waals surface area contributed by atoms with Crippen LogP contribution in [0.4, 0.5) is 11.4 Å². The first-order valence-electron chi connectivity index (χ1n) is 8.97. The lowest BCUT2D eigenvalue weighted by atomic mass is 10.0. The Hall–Kier alpha value is -4.16. The second-order valence-corrected chi connectivity index (χ2v) is 6.73. The number of amides is 3. The third-order valence-corrected chi connectivity index (χ3v) is 3.82. The summed E-state index contributed by atoms with van der Waals surface area (Å²) in [6, 6.07) is 2.78.